The van der Waals surface area contributed by atoms with Crippen LogP contribution in [0.15, 0.2) is 18.2 Å². The summed E-state index contributed by atoms with van der Waals surface area (Å²) in [6, 6.07) is 6.31. The van der Waals surface area contributed by atoms with E-state index < -0.39 is 0 Å². The van der Waals surface area contributed by atoms with Crippen LogP contribution in [0.2, 0.25) is 0 Å². The molecule has 23 heavy (non-hydrogen) atoms. The minimum absolute atomic E-state index is 0.0995. The van der Waals surface area contributed by atoms with Crippen LogP contribution in [0.5, 0.6) is 0 Å². The molecule has 0 spiro atoms. The predicted octanol–water partition coefficient (Wildman–Crippen LogP) is 3.59. The van der Waals surface area contributed by atoms with Crippen LogP contribution >= 0.6 is 0 Å². The van der Waals surface area contributed by atoms with Gasteiger partial charge >= 0.3 is 0 Å². The summed E-state index contributed by atoms with van der Waals surface area (Å²) in [6.07, 6.45) is 7.27. The molecule has 1 saturated carbocycles. The number of anilines is 1. The van der Waals surface area contributed by atoms with Crippen molar-refractivity contribution >= 4 is 17.5 Å². The zero-order valence-electron chi connectivity index (χ0n) is 14.3. The number of carbonyl (C=O) groups is 2. The molecule has 0 heterocycles. The molecular weight excluding hydrogens is 288 g/mol. The quantitative estimate of drug-likeness (QED) is 0.788. The Kier molecular flexibility index (Phi) is 6.63. The summed E-state index contributed by atoms with van der Waals surface area (Å²) in [7, 11) is 0. The first-order valence-corrected chi connectivity index (χ1v) is 8.84. The van der Waals surface area contributed by atoms with Gasteiger partial charge in [-0.2, -0.15) is 0 Å². The molecule has 0 aliphatic heterocycles. The SMILES string of the molecule is CCc1cccc(CC)c1NC(=O)CC(=O)NC1CCCCC1. The molecule has 1 aliphatic rings. The van der Waals surface area contributed by atoms with Crippen molar-refractivity contribution in [3.8, 4) is 0 Å². The number of para-hydroxylation sites is 1. The van der Waals surface area contributed by atoms with Crippen molar-refractivity contribution < 1.29 is 9.59 Å². The summed E-state index contributed by atoms with van der Waals surface area (Å²) in [5.41, 5.74) is 3.11. The highest BCUT2D eigenvalue weighted by Crippen LogP contribution is 2.23. The predicted molar refractivity (Wildman–Crippen MR) is 93.5 cm³/mol. The maximum Gasteiger partial charge on any atom is 0.233 e. The fourth-order valence-corrected chi connectivity index (χ4v) is 3.26. The number of hydrogen-bond acceptors (Lipinski definition) is 2. The second kappa shape index (κ2) is 8.70. The third-order valence-corrected chi connectivity index (χ3v) is 4.55. The van der Waals surface area contributed by atoms with E-state index in [4.69, 9.17) is 0 Å². The lowest BCUT2D eigenvalue weighted by molar-refractivity contribution is -0.127. The van der Waals surface area contributed by atoms with Crippen molar-refractivity contribution in [3.63, 3.8) is 0 Å². The smallest absolute Gasteiger partial charge is 0.233 e. The lowest BCUT2D eigenvalue weighted by atomic mass is 9.95. The highest BCUT2D eigenvalue weighted by atomic mass is 16.2. The second-order valence-electron chi connectivity index (χ2n) is 6.29. The van der Waals surface area contributed by atoms with Crippen LogP contribution in [0.1, 0.15) is 63.5 Å². The minimum Gasteiger partial charge on any atom is -0.353 e. The number of amides is 2. The van der Waals surface area contributed by atoms with Crippen LogP contribution < -0.4 is 10.6 Å². The molecule has 0 atom stereocenters. The molecular formula is C19H28N2O2. The molecule has 1 fully saturated rings. The molecule has 0 bridgehead atoms. The van der Waals surface area contributed by atoms with Crippen molar-refractivity contribution in [2.24, 2.45) is 0 Å². The normalized spacial score (nSPS) is 15.2. The first kappa shape index (κ1) is 17.5. The summed E-state index contributed by atoms with van der Waals surface area (Å²) >= 11 is 0. The van der Waals surface area contributed by atoms with E-state index in [2.05, 4.69) is 24.5 Å². The van der Waals surface area contributed by atoms with Gasteiger partial charge in [-0.3, -0.25) is 9.59 Å². The Hall–Kier alpha value is -1.84. The number of rotatable bonds is 6. The van der Waals surface area contributed by atoms with E-state index in [0.717, 1.165) is 42.5 Å². The van der Waals surface area contributed by atoms with E-state index in [9.17, 15) is 9.59 Å². The van der Waals surface area contributed by atoms with Gasteiger partial charge in [-0.05, 0) is 36.8 Å². The van der Waals surface area contributed by atoms with Gasteiger partial charge < -0.3 is 10.6 Å². The molecule has 0 saturated heterocycles. The monoisotopic (exact) mass is 316 g/mol. The molecule has 0 radical (unpaired) electrons. The molecule has 126 valence electrons. The maximum absolute atomic E-state index is 12.2. The molecule has 2 N–H and O–H groups in total. The van der Waals surface area contributed by atoms with Crippen molar-refractivity contribution in [2.75, 3.05) is 5.32 Å². The summed E-state index contributed by atoms with van der Waals surface area (Å²) in [6.45, 7) is 4.14. The number of hydrogen-bond donors (Lipinski definition) is 2. The first-order valence-electron chi connectivity index (χ1n) is 8.84. The zero-order valence-corrected chi connectivity index (χ0v) is 14.3. The van der Waals surface area contributed by atoms with E-state index in [1.807, 2.05) is 18.2 Å². The Labute approximate surface area is 139 Å². The van der Waals surface area contributed by atoms with Gasteiger partial charge in [0.15, 0.2) is 0 Å². The van der Waals surface area contributed by atoms with Crippen LogP contribution in [0.25, 0.3) is 0 Å². The summed E-state index contributed by atoms with van der Waals surface area (Å²) in [5.74, 6) is -0.393. The van der Waals surface area contributed by atoms with E-state index >= 15 is 0 Å². The summed E-state index contributed by atoms with van der Waals surface area (Å²) < 4.78 is 0. The van der Waals surface area contributed by atoms with Crippen LogP contribution in [-0.4, -0.2) is 17.9 Å². The molecule has 1 aromatic carbocycles. The lowest BCUT2D eigenvalue weighted by Gasteiger charge is -2.22. The van der Waals surface area contributed by atoms with Gasteiger partial charge in [0.1, 0.15) is 6.42 Å². The van der Waals surface area contributed by atoms with Crippen LogP contribution in [0, 0.1) is 0 Å². The van der Waals surface area contributed by atoms with Gasteiger partial charge in [-0.15, -0.1) is 0 Å². The Morgan fingerprint density at radius 2 is 1.61 bits per heavy atom. The van der Waals surface area contributed by atoms with Crippen molar-refractivity contribution in [3.05, 3.63) is 29.3 Å². The topological polar surface area (TPSA) is 58.2 Å². The third-order valence-electron chi connectivity index (χ3n) is 4.55. The maximum atomic E-state index is 12.2. The lowest BCUT2D eigenvalue weighted by Crippen LogP contribution is -2.38. The number of nitrogens with one attached hydrogen (secondary N) is 2. The first-order chi connectivity index (χ1) is 11.1. The van der Waals surface area contributed by atoms with Gasteiger partial charge in [0, 0.05) is 11.7 Å². The van der Waals surface area contributed by atoms with Gasteiger partial charge in [0.2, 0.25) is 11.8 Å². The number of benzene rings is 1. The molecule has 0 unspecified atom stereocenters. The van der Waals surface area contributed by atoms with Gasteiger partial charge in [0.05, 0.1) is 0 Å². The Morgan fingerprint density at radius 3 is 2.17 bits per heavy atom. The van der Waals surface area contributed by atoms with Crippen molar-refractivity contribution in [1.82, 2.24) is 5.32 Å². The molecule has 4 heteroatoms. The van der Waals surface area contributed by atoms with Gasteiger partial charge in [-0.25, -0.2) is 0 Å². The Morgan fingerprint density at radius 1 is 1.00 bits per heavy atom. The fraction of sp³-hybridized carbons (Fsp3) is 0.579. The summed E-state index contributed by atoms with van der Waals surface area (Å²) in [5, 5.41) is 5.94. The molecule has 4 nitrogen and oxygen atoms in total. The number of carbonyl (C=O) groups excluding carboxylic acids is 2. The third kappa shape index (κ3) is 5.08. The van der Waals surface area contributed by atoms with E-state index in [1.165, 1.54) is 19.3 Å². The van der Waals surface area contributed by atoms with Crippen LogP contribution in [-0.2, 0) is 22.4 Å². The Bertz CT molecular complexity index is 526. The average molecular weight is 316 g/mol. The summed E-state index contributed by atoms with van der Waals surface area (Å²) in [4.78, 5) is 24.3. The van der Waals surface area contributed by atoms with Gasteiger partial charge in [0.25, 0.3) is 0 Å². The van der Waals surface area contributed by atoms with E-state index in [1.54, 1.807) is 0 Å². The fourth-order valence-electron chi connectivity index (χ4n) is 3.26. The van der Waals surface area contributed by atoms with E-state index in [0.29, 0.717) is 0 Å². The van der Waals surface area contributed by atoms with Crippen molar-refractivity contribution in [2.45, 2.75) is 71.3 Å². The zero-order chi connectivity index (χ0) is 16.7. The van der Waals surface area contributed by atoms with Gasteiger partial charge in [-0.1, -0.05) is 51.3 Å². The van der Waals surface area contributed by atoms with E-state index in [-0.39, 0.29) is 24.3 Å². The molecule has 2 rings (SSSR count). The standard InChI is InChI=1S/C19H28N2O2/c1-3-14-9-8-10-15(4-2)19(14)21-18(23)13-17(22)20-16-11-6-5-7-12-16/h8-10,16H,3-7,11-13H2,1-2H3,(H,20,22)(H,21,23). The van der Waals surface area contributed by atoms with Crippen LogP contribution in [0.4, 0.5) is 5.69 Å². The highest BCUT2D eigenvalue weighted by molar-refractivity contribution is 6.04. The van der Waals surface area contributed by atoms with Crippen molar-refractivity contribution in [1.29, 1.82) is 0 Å². The minimum atomic E-state index is -0.228. The number of aryl methyl sites for hydroxylation is 2. The van der Waals surface area contributed by atoms with Crippen LogP contribution in [0.3, 0.4) is 0 Å². The largest absolute Gasteiger partial charge is 0.353 e. The highest BCUT2D eigenvalue weighted by Gasteiger charge is 2.18. The molecule has 0 aromatic heterocycles. The average Bonchev–Trinajstić information content (AvgIpc) is 2.55. The second-order valence-corrected chi connectivity index (χ2v) is 6.29. The Balaban J connectivity index is 1.92. The molecule has 1 aliphatic carbocycles. The molecule has 2 amide bonds. The molecule has 1 aromatic rings.